The van der Waals surface area contributed by atoms with Crippen molar-refractivity contribution in [1.29, 1.82) is 0 Å². The minimum Gasteiger partial charge on any atom is -0.398 e. The van der Waals surface area contributed by atoms with Crippen LogP contribution in [0.3, 0.4) is 0 Å². The molecule has 3 aromatic rings. The number of rotatable bonds is 1. The lowest BCUT2D eigenvalue weighted by molar-refractivity contribution is 1.33. The van der Waals surface area contributed by atoms with Crippen LogP contribution in [-0.2, 0) is 0 Å². The summed E-state index contributed by atoms with van der Waals surface area (Å²) in [5.41, 5.74) is 13.7. The van der Waals surface area contributed by atoms with Gasteiger partial charge in [-0.3, -0.25) is 4.98 Å². The van der Waals surface area contributed by atoms with Gasteiger partial charge in [0.25, 0.3) is 0 Å². The van der Waals surface area contributed by atoms with E-state index < -0.39 is 0 Å². The minimum absolute atomic E-state index is 0.776. The Hall–Kier alpha value is -2.87. The van der Waals surface area contributed by atoms with Gasteiger partial charge in [0.05, 0.1) is 5.69 Å². The van der Waals surface area contributed by atoms with Gasteiger partial charge in [0.2, 0.25) is 0 Å². The smallest absolute Gasteiger partial charge is 0.0807 e. The summed E-state index contributed by atoms with van der Waals surface area (Å²) in [4.78, 5) is 4.53. The Morgan fingerprint density at radius 3 is 2.33 bits per heavy atom. The number of fused-ring (bicyclic) bond motifs is 3. The summed E-state index contributed by atoms with van der Waals surface area (Å²) >= 11 is 0. The number of nitrogens with zero attached hydrogens (tertiary/aromatic N) is 1. The minimum atomic E-state index is 0.776. The van der Waals surface area contributed by atoms with Crippen LogP contribution in [0.1, 0.15) is 16.7 Å². The molecule has 4 rings (SSSR count). The van der Waals surface area contributed by atoms with E-state index in [-0.39, 0.29) is 0 Å². The summed E-state index contributed by atoms with van der Waals surface area (Å²) in [5.74, 6) is 0. The van der Waals surface area contributed by atoms with Crippen LogP contribution in [0.2, 0.25) is 0 Å². The highest BCUT2D eigenvalue weighted by molar-refractivity contribution is 6.08. The van der Waals surface area contributed by atoms with Gasteiger partial charge in [0, 0.05) is 23.0 Å². The van der Waals surface area contributed by atoms with E-state index in [2.05, 4.69) is 41.4 Å². The second-order valence-corrected chi connectivity index (χ2v) is 5.14. The second-order valence-electron chi connectivity index (χ2n) is 5.14. The van der Waals surface area contributed by atoms with Crippen LogP contribution in [0.5, 0.6) is 0 Å². The van der Waals surface area contributed by atoms with Gasteiger partial charge in [-0.25, -0.2) is 0 Å². The molecule has 1 aliphatic rings. The van der Waals surface area contributed by atoms with Gasteiger partial charge in [-0.15, -0.1) is 0 Å². The second kappa shape index (κ2) is 4.60. The van der Waals surface area contributed by atoms with E-state index in [1.807, 2.05) is 30.3 Å². The monoisotopic (exact) mass is 270 g/mol. The maximum Gasteiger partial charge on any atom is 0.0807 e. The van der Waals surface area contributed by atoms with Gasteiger partial charge in [-0.05, 0) is 28.8 Å². The van der Waals surface area contributed by atoms with Gasteiger partial charge in [0.15, 0.2) is 0 Å². The van der Waals surface area contributed by atoms with Crippen LogP contribution in [0.15, 0.2) is 66.9 Å². The average Bonchev–Trinajstić information content (AvgIpc) is 2.84. The fourth-order valence-electron chi connectivity index (χ4n) is 2.89. The van der Waals surface area contributed by atoms with Gasteiger partial charge in [0.1, 0.15) is 0 Å². The maximum atomic E-state index is 6.21. The lowest BCUT2D eigenvalue weighted by Crippen LogP contribution is -1.93. The number of nitrogens with two attached hydrogens (primary N) is 1. The number of nitrogen functional groups attached to an aromatic ring is 1. The third-order valence-corrected chi connectivity index (χ3v) is 3.84. The molecule has 0 spiro atoms. The summed E-state index contributed by atoms with van der Waals surface area (Å²) in [5, 5.41) is 0. The van der Waals surface area contributed by atoms with Gasteiger partial charge in [-0.1, -0.05) is 54.6 Å². The van der Waals surface area contributed by atoms with Crippen molar-refractivity contribution in [3.05, 3.63) is 83.6 Å². The molecule has 2 N–H and O–H groups in total. The van der Waals surface area contributed by atoms with Crippen LogP contribution >= 0.6 is 0 Å². The van der Waals surface area contributed by atoms with E-state index in [0.717, 1.165) is 28.1 Å². The Labute approximate surface area is 123 Å². The quantitative estimate of drug-likeness (QED) is 0.562. The first-order chi connectivity index (χ1) is 10.3. The lowest BCUT2D eigenvalue weighted by atomic mass is 10.0. The van der Waals surface area contributed by atoms with Crippen LogP contribution in [0.4, 0.5) is 5.69 Å². The summed E-state index contributed by atoms with van der Waals surface area (Å²) in [6, 6.07) is 20.5. The van der Waals surface area contributed by atoms with Crippen molar-refractivity contribution < 1.29 is 0 Å². The molecule has 2 aromatic carbocycles. The first-order valence-corrected chi connectivity index (χ1v) is 6.96. The van der Waals surface area contributed by atoms with Crippen molar-refractivity contribution in [3.63, 3.8) is 0 Å². The normalized spacial score (nSPS) is 14.0. The number of aromatic nitrogens is 1. The van der Waals surface area contributed by atoms with Crippen LogP contribution in [-0.4, -0.2) is 4.98 Å². The Morgan fingerprint density at radius 2 is 1.52 bits per heavy atom. The highest BCUT2D eigenvalue weighted by Gasteiger charge is 2.25. The highest BCUT2D eigenvalue weighted by atomic mass is 14.7. The predicted octanol–water partition coefficient (Wildman–Crippen LogP) is 4.23. The van der Waals surface area contributed by atoms with Crippen molar-refractivity contribution in [2.24, 2.45) is 0 Å². The molecule has 0 aliphatic heterocycles. The van der Waals surface area contributed by atoms with Crippen LogP contribution < -0.4 is 5.73 Å². The molecule has 0 atom stereocenters. The van der Waals surface area contributed by atoms with Crippen LogP contribution in [0.25, 0.3) is 22.9 Å². The summed E-state index contributed by atoms with van der Waals surface area (Å²) < 4.78 is 0. The number of pyridine rings is 1. The van der Waals surface area contributed by atoms with Crippen molar-refractivity contribution in [3.8, 4) is 11.3 Å². The van der Waals surface area contributed by atoms with Crippen molar-refractivity contribution in [2.75, 3.05) is 5.73 Å². The SMILES string of the molecule is Nc1ccnc2c1/C(=C/c1ccccc1)c1ccccc1-2. The summed E-state index contributed by atoms with van der Waals surface area (Å²) in [6.07, 6.45) is 3.96. The van der Waals surface area contributed by atoms with Gasteiger partial charge in [-0.2, -0.15) is 0 Å². The predicted molar refractivity (Wildman–Crippen MR) is 87.5 cm³/mol. The zero-order valence-corrected chi connectivity index (χ0v) is 11.5. The Morgan fingerprint density at radius 1 is 0.810 bits per heavy atom. The third-order valence-electron chi connectivity index (χ3n) is 3.84. The molecule has 2 nitrogen and oxygen atoms in total. The molecule has 0 saturated carbocycles. The molecule has 0 unspecified atom stereocenters. The molecule has 1 heterocycles. The van der Waals surface area contributed by atoms with E-state index in [4.69, 9.17) is 5.73 Å². The maximum absolute atomic E-state index is 6.21. The number of anilines is 1. The Bertz CT molecular complexity index is 848. The fraction of sp³-hybridized carbons (Fsp3) is 0. The number of benzene rings is 2. The first-order valence-electron chi connectivity index (χ1n) is 6.96. The average molecular weight is 270 g/mol. The number of hydrogen-bond acceptors (Lipinski definition) is 2. The standard InChI is InChI=1S/C19H14N2/c20-17-10-11-21-19-15-9-5-4-8-14(15)16(18(17)19)12-13-6-2-1-3-7-13/h1-12H,(H2,20,21)/b16-12+. The molecular formula is C19H14N2. The highest BCUT2D eigenvalue weighted by Crippen LogP contribution is 2.45. The molecule has 1 aromatic heterocycles. The molecule has 0 radical (unpaired) electrons. The fourth-order valence-corrected chi connectivity index (χ4v) is 2.89. The van der Waals surface area contributed by atoms with E-state index in [1.165, 1.54) is 11.1 Å². The summed E-state index contributed by atoms with van der Waals surface area (Å²) in [6.45, 7) is 0. The zero-order valence-electron chi connectivity index (χ0n) is 11.5. The van der Waals surface area contributed by atoms with E-state index >= 15 is 0 Å². The third kappa shape index (κ3) is 1.84. The van der Waals surface area contributed by atoms with E-state index in [1.54, 1.807) is 6.20 Å². The topological polar surface area (TPSA) is 38.9 Å². The van der Waals surface area contributed by atoms with Crippen molar-refractivity contribution in [2.45, 2.75) is 0 Å². The number of hydrogen-bond donors (Lipinski definition) is 1. The molecule has 0 saturated heterocycles. The molecule has 0 bridgehead atoms. The largest absolute Gasteiger partial charge is 0.398 e. The Kier molecular flexibility index (Phi) is 2.61. The Balaban J connectivity index is 2.02. The van der Waals surface area contributed by atoms with E-state index in [0.29, 0.717) is 0 Å². The summed E-state index contributed by atoms with van der Waals surface area (Å²) in [7, 11) is 0. The molecule has 100 valence electrons. The molecule has 0 fully saturated rings. The molecule has 1 aliphatic carbocycles. The zero-order chi connectivity index (χ0) is 14.2. The van der Waals surface area contributed by atoms with E-state index in [9.17, 15) is 0 Å². The van der Waals surface area contributed by atoms with Gasteiger partial charge < -0.3 is 5.73 Å². The molecular weight excluding hydrogens is 256 g/mol. The first kappa shape index (κ1) is 11.9. The molecule has 21 heavy (non-hydrogen) atoms. The van der Waals surface area contributed by atoms with Crippen LogP contribution in [0, 0.1) is 0 Å². The lowest BCUT2D eigenvalue weighted by Gasteiger charge is -2.05. The molecule has 2 heteroatoms. The van der Waals surface area contributed by atoms with Gasteiger partial charge >= 0.3 is 0 Å². The van der Waals surface area contributed by atoms with Crippen molar-refractivity contribution >= 4 is 17.3 Å². The molecule has 0 amide bonds. The van der Waals surface area contributed by atoms with Crippen molar-refractivity contribution in [1.82, 2.24) is 4.98 Å².